The molecular formula is C24H23F4N5. The van der Waals surface area contributed by atoms with Crippen molar-refractivity contribution in [2.24, 2.45) is 11.8 Å². The van der Waals surface area contributed by atoms with Crippen LogP contribution in [-0.4, -0.2) is 39.2 Å². The van der Waals surface area contributed by atoms with Crippen molar-refractivity contribution in [3.05, 3.63) is 71.8 Å². The first-order valence-corrected chi connectivity index (χ1v) is 10.9. The summed E-state index contributed by atoms with van der Waals surface area (Å²) in [5.74, 6) is 0.0535. The van der Waals surface area contributed by atoms with Gasteiger partial charge in [-0.2, -0.15) is 13.2 Å². The summed E-state index contributed by atoms with van der Waals surface area (Å²) >= 11 is 0. The van der Waals surface area contributed by atoms with Crippen LogP contribution in [0.15, 0.2) is 54.7 Å². The smallest absolute Gasteiger partial charge is 0.365 e. The molecule has 0 amide bonds. The molecule has 0 unspecified atom stereocenters. The number of fused-ring (bicyclic) bond motifs is 1. The van der Waals surface area contributed by atoms with E-state index < -0.39 is 17.6 Å². The van der Waals surface area contributed by atoms with Crippen molar-refractivity contribution in [2.45, 2.75) is 31.6 Å². The lowest BCUT2D eigenvalue weighted by atomic mass is 10.0. The first-order chi connectivity index (χ1) is 15.8. The van der Waals surface area contributed by atoms with Crippen LogP contribution in [0, 0.1) is 17.7 Å². The lowest BCUT2D eigenvalue weighted by Gasteiger charge is -2.21. The third kappa shape index (κ3) is 4.83. The fourth-order valence-corrected chi connectivity index (χ4v) is 5.06. The summed E-state index contributed by atoms with van der Waals surface area (Å²) < 4.78 is 54.9. The molecule has 1 aliphatic heterocycles. The van der Waals surface area contributed by atoms with Crippen LogP contribution >= 0.6 is 0 Å². The summed E-state index contributed by atoms with van der Waals surface area (Å²) in [6, 6.07) is 12.0. The SMILES string of the molecule is Fc1cccc(-c2cc(C(F)(F)F)c(N[C@@H]3C[C@@H]4CN(Cc5ccccn5)C[C@@H]4C3)nn2)c1. The van der Waals surface area contributed by atoms with Crippen LogP contribution < -0.4 is 5.32 Å². The molecule has 1 aliphatic carbocycles. The van der Waals surface area contributed by atoms with Gasteiger partial charge in [0.15, 0.2) is 5.82 Å². The first kappa shape index (κ1) is 21.8. The van der Waals surface area contributed by atoms with E-state index in [1.54, 1.807) is 6.20 Å². The number of nitrogens with one attached hydrogen (secondary N) is 1. The molecule has 5 rings (SSSR count). The summed E-state index contributed by atoms with van der Waals surface area (Å²) in [5, 5.41) is 10.8. The quantitative estimate of drug-likeness (QED) is 0.546. The van der Waals surface area contributed by atoms with Gasteiger partial charge < -0.3 is 5.32 Å². The molecule has 33 heavy (non-hydrogen) atoms. The summed E-state index contributed by atoms with van der Waals surface area (Å²) in [6.07, 6.45) is -1.25. The maximum Gasteiger partial charge on any atom is 0.420 e. The highest BCUT2D eigenvalue weighted by molar-refractivity contribution is 5.62. The van der Waals surface area contributed by atoms with Crippen LogP contribution in [0.5, 0.6) is 0 Å². The van der Waals surface area contributed by atoms with E-state index in [0.717, 1.165) is 50.3 Å². The zero-order valence-electron chi connectivity index (χ0n) is 17.8. The van der Waals surface area contributed by atoms with Crippen molar-refractivity contribution in [3.8, 4) is 11.3 Å². The van der Waals surface area contributed by atoms with E-state index in [2.05, 4.69) is 25.4 Å². The van der Waals surface area contributed by atoms with Crippen LogP contribution in [0.3, 0.4) is 0 Å². The Bertz CT molecular complexity index is 1110. The predicted molar refractivity (Wildman–Crippen MR) is 116 cm³/mol. The second kappa shape index (κ2) is 8.70. The Kier molecular flexibility index (Phi) is 5.74. The van der Waals surface area contributed by atoms with Crippen LogP contribution in [-0.2, 0) is 12.7 Å². The maximum atomic E-state index is 13.8. The molecule has 172 valence electrons. The van der Waals surface area contributed by atoms with Crippen molar-refractivity contribution in [2.75, 3.05) is 18.4 Å². The number of anilines is 1. The molecule has 1 saturated carbocycles. The Morgan fingerprint density at radius 2 is 1.76 bits per heavy atom. The molecule has 5 nitrogen and oxygen atoms in total. The number of aromatic nitrogens is 3. The van der Waals surface area contributed by atoms with Crippen molar-refractivity contribution >= 4 is 5.82 Å². The number of benzene rings is 1. The van der Waals surface area contributed by atoms with E-state index in [-0.39, 0.29) is 23.1 Å². The number of pyridine rings is 1. The zero-order valence-corrected chi connectivity index (χ0v) is 17.8. The van der Waals surface area contributed by atoms with Crippen molar-refractivity contribution in [3.63, 3.8) is 0 Å². The summed E-state index contributed by atoms with van der Waals surface area (Å²) in [4.78, 5) is 6.74. The highest BCUT2D eigenvalue weighted by Gasteiger charge is 2.42. The minimum absolute atomic E-state index is 0.0131. The molecular weight excluding hydrogens is 434 g/mol. The number of hydrogen-bond acceptors (Lipinski definition) is 5. The number of alkyl halides is 3. The molecule has 0 radical (unpaired) electrons. The Labute approximate surface area is 188 Å². The first-order valence-electron chi connectivity index (χ1n) is 10.9. The summed E-state index contributed by atoms with van der Waals surface area (Å²) in [5.41, 5.74) is 0.380. The average Bonchev–Trinajstić information content (AvgIpc) is 3.32. The largest absolute Gasteiger partial charge is 0.420 e. The Morgan fingerprint density at radius 1 is 0.970 bits per heavy atom. The number of halogens is 4. The molecule has 3 aromatic rings. The van der Waals surface area contributed by atoms with Gasteiger partial charge in [0.25, 0.3) is 0 Å². The van der Waals surface area contributed by atoms with Gasteiger partial charge in [-0.1, -0.05) is 18.2 Å². The second-order valence-electron chi connectivity index (χ2n) is 8.85. The number of hydrogen-bond donors (Lipinski definition) is 1. The third-order valence-corrected chi connectivity index (χ3v) is 6.50. The molecule has 9 heteroatoms. The molecule has 2 aliphatic rings. The molecule has 2 fully saturated rings. The van der Waals surface area contributed by atoms with Crippen molar-refractivity contribution in [1.29, 1.82) is 0 Å². The third-order valence-electron chi connectivity index (χ3n) is 6.50. The van der Waals surface area contributed by atoms with Gasteiger partial charge in [0.05, 0.1) is 11.4 Å². The van der Waals surface area contributed by atoms with E-state index in [1.165, 1.54) is 18.2 Å². The molecule has 2 aromatic heterocycles. The molecule has 3 atom stereocenters. The van der Waals surface area contributed by atoms with Crippen LogP contribution in [0.25, 0.3) is 11.3 Å². The van der Waals surface area contributed by atoms with Gasteiger partial charge in [-0.05, 0) is 55.0 Å². The molecule has 0 spiro atoms. The van der Waals surface area contributed by atoms with Crippen LogP contribution in [0.1, 0.15) is 24.1 Å². The number of likely N-dealkylation sites (tertiary alicyclic amines) is 1. The fourth-order valence-electron chi connectivity index (χ4n) is 5.06. The van der Waals surface area contributed by atoms with Gasteiger partial charge in [0.2, 0.25) is 0 Å². The Hall–Kier alpha value is -3.07. The van der Waals surface area contributed by atoms with Crippen molar-refractivity contribution < 1.29 is 17.6 Å². The van der Waals surface area contributed by atoms with Crippen LogP contribution in [0.4, 0.5) is 23.4 Å². The topological polar surface area (TPSA) is 53.9 Å². The molecule has 3 heterocycles. The van der Waals surface area contributed by atoms with E-state index in [4.69, 9.17) is 0 Å². The summed E-state index contributed by atoms with van der Waals surface area (Å²) in [6.45, 7) is 2.61. The maximum absolute atomic E-state index is 13.8. The minimum Gasteiger partial charge on any atom is -0.365 e. The average molecular weight is 457 g/mol. The van der Waals surface area contributed by atoms with Gasteiger partial charge in [-0.3, -0.25) is 9.88 Å². The minimum atomic E-state index is -4.60. The van der Waals surface area contributed by atoms with Crippen LogP contribution in [0.2, 0.25) is 0 Å². The fraction of sp³-hybridized carbons (Fsp3) is 0.375. The van der Waals surface area contributed by atoms with Gasteiger partial charge in [0.1, 0.15) is 11.4 Å². The lowest BCUT2D eigenvalue weighted by Crippen LogP contribution is -2.26. The summed E-state index contributed by atoms with van der Waals surface area (Å²) in [7, 11) is 0. The van der Waals surface area contributed by atoms with E-state index >= 15 is 0 Å². The lowest BCUT2D eigenvalue weighted by molar-refractivity contribution is -0.137. The van der Waals surface area contributed by atoms with E-state index in [1.807, 2.05) is 18.2 Å². The molecule has 1 aromatic carbocycles. The Morgan fingerprint density at radius 3 is 2.42 bits per heavy atom. The van der Waals surface area contributed by atoms with Gasteiger partial charge in [0, 0.05) is 37.4 Å². The van der Waals surface area contributed by atoms with Gasteiger partial charge in [-0.15, -0.1) is 10.2 Å². The zero-order chi connectivity index (χ0) is 23.0. The highest BCUT2D eigenvalue weighted by Crippen LogP contribution is 2.41. The van der Waals surface area contributed by atoms with Gasteiger partial charge >= 0.3 is 6.18 Å². The standard InChI is InChI=1S/C24H23F4N5/c25-18-5-3-4-15(8-18)22-11-21(24(26,27)28)23(32-31-22)30-20-9-16-12-33(13-17(16)10-20)14-19-6-1-2-7-29-19/h1-8,11,16-17,20H,9-10,12-14H2,(H,30,32)/t16-,17+,20-. The highest BCUT2D eigenvalue weighted by atomic mass is 19.4. The van der Waals surface area contributed by atoms with E-state index in [9.17, 15) is 17.6 Å². The molecule has 0 bridgehead atoms. The number of rotatable bonds is 5. The monoisotopic (exact) mass is 457 g/mol. The molecule has 1 N–H and O–H groups in total. The van der Waals surface area contributed by atoms with Gasteiger partial charge in [-0.25, -0.2) is 4.39 Å². The van der Waals surface area contributed by atoms with Crippen molar-refractivity contribution in [1.82, 2.24) is 20.1 Å². The predicted octanol–water partition coefficient (Wildman–Crippen LogP) is 5.02. The van der Waals surface area contributed by atoms with E-state index in [0.29, 0.717) is 11.8 Å². The second-order valence-corrected chi connectivity index (χ2v) is 8.85. The molecule has 1 saturated heterocycles. The number of nitrogens with zero attached hydrogens (tertiary/aromatic N) is 4. The normalized spacial score (nSPS) is 23.0. The Balaban J connectivity index is 1.27.